The van der Waals surface area contributed by atoms with Crippen molar-refractivity contribution in [2.45, 2.75) is 42.1 Å². The van der Waals surface area contributed by atoms with Gasteiger partial charge in [0.2, 0.25) is 0 Å². The topological polar surface area (TPSA) is 129 Å². The van der Waals surface area contributed by atoms with Crippen LogP contribution in [0.15, 0.2) is 35.2 Å². The predicted molar refractivity (Wildman–Crippen MR) is 127 cm³/mol. The molecular formula is C25H26FNO9S. The average molecular weight is 536 g/mol. The lowest BCUT2D eigenvalue weighted by Gasteiger charge is -2.27. The quantitative estimate of drug-likeness (QED) is 0.504. The first-order valence-electron chi connectivity index (χ1n) is 11.6. The summed E-state index contributed by atoms with van der Waals surface area (Å²) in [4.78, 5) is 25.0. The molecule has 37 heavy (non-hydrogen) atoms. The van der Waals surface area contributed by atoms with E-state index in [-0.39, 0.29) is 34.8 Å². The van der Waals surface area contributed by atoms with Crippen molar-refractivity contribution >= 4 is 27.8 Å². The smallest absolute Gasteiger partial charge is 0.428 e. The van der Waals surface area contributed by atoms with E-state index in [1.807, 2.05) is 0 Å². The standard InChI is InChI=1S/C25H26FNO9S/c1-25(10-20(25)36-12-33-2)17-9-14(26)4-7-19(17)37(31,32)27(24(30)34-3)18-6-5-15-16-8-13(16)11-35-22(15)21(18)23(28)29/h4-7,9,13,16,20H,8,10-12H2,1-3H3,(H,28,29)/t13-,16-,20?,25?/m0/s1. The van der Waals surface area contributed by atoms with E-state index in [1.54, 1.807) is 13.0 Å². The van der Waals surface area contributed by atoms with E-state index in [2.05, 4.69) is 0 Å². The molecule has 2 aliphatic carbocycles. The van der Waals surface area contributed by atoms with Crippen LogP contribution in [0.3, 0.4) is 0 Å². The number of benzene rings is 2. The van der Waals surface area contributed by atoms with E-state index >= 15 is 0 Å². The first-order valence-corrected chi connectivity index (χ1v) is 13.1. The van der Waals surface area contributed by atoms with E-state index in [1.165, 1.54) is 13.2 Å². The Hall–Kier alpha value is -3.22. The van der Waals surface area contributed by atoms with Crippen LogP contribution in [0.1, 0.15) is 47.2 Å². The molecular weight excluding hydrogens is 509 g/mol. The molecule has 2 saturated carbocycles. The Morgan fingerprint density at radius 1 is 1.24 bits per heavy atom. The van der Waals surface area contributed by atoms with Crippen molar-refractivity contribution in [1.82, 2.24) is 0 Å². The van der Waals surface area contributed by atoms with Gasteiger partial charge in [0.1, 0.15) is 23.9 Å². The molecule has 0 saturated heterocycles. The second-order valence-corrected chi connectivity index (χ2v) is 11.4. The molecule has 0 radical (unpaired) electrons. The molecule has 5 rings (SSSR count). The number of methoxy groups -OCH3 is 2. The van der Waals surface area contributed by atoms with Crippen LogP contribution < -0.4 is 9.04 Å². The highest BCUT2D eigenvalue weighted by Crippen LogP contribution is 2.56. The third-order valence-electron chi connectivity index (χ3n) is 7.33. The van der Waals surface area contributed by atoms with Crippen molar-refractivity contribution in [2.75, 3.05) is 31.9 Å². The van der Waals surface area contributed by atoms with Gasteiger partial charge in [-0.25, -0.2) is 22.4 Å². The van der Waals surface area contributed by atoms with Crippen LogP contribution in [0.5, 0.6) is 5.75 Å². The van der Waals surface area contributed by atoms with Gasteiger partial charge in [0, 0.05) is 18.4 Å². The number of sulfonamides is 1. The maximum absolute atomic E-state index is 14.4. The summed E-state index contributed by atoms with van der Waals surface area (Å²) >= 11 is 0. The van der Waals surface area contributed by atoms with E-state index in [4.69, 9.17) is 18.9 Å². The van der Waals surface area contributed by atoms with Crippen LogP contribution in [0, 0.1) is 11.7 Å². The van der Waals surface area contributed by atoms with Gasteiger partial charge in [0.15, 0.2) is 0 Å². The summed E-state index contributed by atoms with van der Waals surface area (Å²) in [5.41, 5.74) is -1.03. The Morgan fingerprint density at radius 2 is 2.00 bits per heavy atom. The van der Waals surface area contributed by atoms with Gasteiger partial charge >= 0.3 is 12.1 Å². The summed E-state index contributed by atoms with van der Waals surface area (Å²) in [5.74, 6) is -1.69. The van der Waals surface area contributed by atoms with Crippen molar-refractivity contribution in [3.8, 4) is 5.75 Å². The number of ether oxygens (including phenoxy) is 4. The van der Waals surface area contributed by atoms with Crippen LogP contribution in [-0.4, -0.2) is 59.3 Å². The Bertz CT molecular complexity index is 1390. The van der Waals surface area contributed by atoms with Gasteiger partial charge in [-0.2, -0.15) is 4.31 Å². The van der Waals surface area contributed by atoms with Crippen LogP contribution in [0.25, 0.3) is 0 Å². The minimum absolute atomic E-state index is 0.0365. The summed E-state index contributed by atoms with van der Waals surface area (Å²) < 4.78 is 63.8. The molecule has 0 spiro atoms. The molecule has 2 unspecified atom stereocenters. The number of carbonyl (C=O) groups excluding carboxylic acids is 1. The van der Waals surface area contributed by atoms with Gasteiger partial charge in [0.25, 0.3) is 10.0 Å². The molecule has 1 aliphatic heterocycles. The Kier molecular flexibility index (Phi) is 6.16. The van der Waals surface area contributed by atoms with Crippen LogP contribution in [0.4, 0.5) is 14.9 Å². The molecule has 4 atom stereocenters. The number of nitrogens with zero attached hydrogens (tertiary/aromatic N) is 1. The number of aromatic carboxylic acids is 1. The molecule has 2 fully saturated rings. The fraction of sp³-hybridized carbons (Fsp3) is 0.440. The molecule has 1 amide bonds. The monoisotopic (exact) mass is 535 g/mol. The largest absolute Gasteiger partial charge is 0.492 e. The number of halogens is 1. The van der Waals surface area contributed by atoms with Crippen molar-refractivity contribution in [3.63, 3.8) is 0 Å². The van der Waals surface area contributed by atoms with Crippen LogP contribution >= 0.6 is 0 Å². The van der Waals surface area contributed by atoms with Gasteiger partial charge in [0.05, 0.1) is 30.4 Å². The summed E-state index contributed by atoms with van der Waals surface area (Å²) in [6.07, 6.45) is -0.552. The Labute approximate surface area is 212 Å². The number of amides is 1. The van der Waals surface area contributed by atoms with Crippen molar-refractivity contribution < 1.29 is 46.5 Å². The number of fused-ring (bicyclic) bond motifs is 3. The lowest BCUT2D eigenvalue weighted by atomic mass is 9.97. The molecule has 2 aromatic carbocycles. The molecule has 10 nitrogen and oxygen atoms in total. The highest BCUT2D eigenvalue weighted by Gasteiger charge is 2.55. The van der Waals surface area contributed by atoms with Gasteiger partial charge in [-0.3, -0.25) is 0 Å². The molecule has 0 bridgehead atoms. The third kappa shape index (κ3) is 4.12. The number of anilines is 1. The maximum atomic E-state index is 14.4. The number of rotatable bonds is 8. The molecule has 3 aliphatic rings. The highest BCUT2D eigenvalue weighted by molar-refractivity contribution is 7.93. The molecule has 1 N–H and O–H groups in total. The van der Waals surface area contributed by atoms with Gasteiger partial charge in [-0.1, -0.05) is 13.0 Å². The molecule has 2 aromatic rings. The molecule has 198 valence electrons. The van der Waals surface area contributed by atoms with E-state index in [0.717, 1.165) is 31.7 Å². The van der Waals surface area contributed by atoms with E-state index < -0.39 is 50.7 Å². The SMILES string of the molecule is COCOC1CC1(C)c1cc(F)ccc1S(=O)(=O)N(C(=O)OC)c1ccc2c(c1C(=O)O)OC[C@@H]1C[C@H]21. The van der Waals surface area contributed by atoms with Gasteiger partial charge in [-0.15, -0.1) is 0 Å². The zero-order valence-corrected chi connectivity index (χ0v) is 21.2. The number of carboxylic acids is 1. The van der Waals surface area contributed by atoms with Crippen molar-refractivity contribution in [3.05, 3.63) is 52.8 Å². The minimum Gasteiger partial charge on any atom is -0.492 e. The van der Waals surface area contributed by atoms with E-state index in [9.17, 15) is 27.5 Å². The predicted octanol–water partition coefficient (Wildman–Crippen LogP) is 3.63. The Morgan fingerprint density at radius 3 is 2.68 bits per heavy atom. The van der Waals surface area contributed by atoms with Crippen LogP contribution in [0.2, 0.25) is 0 Å². The maximum Gasteiger partial charge on any atom is 0.428 e. The first kappa shape index (κ1) is 25.4. The number of hydrogen-bond acceptors (Lipinski definition) is 8. The van der Waals surface area contributed by atoms with Crippen molar-refractivity contribution in [1.29, 1.82) is 0 Å². The lowest BCUT2D eigenvalue weighted by Crippen LogP contribution is -2.39. The molecule has 1 heterocycles. The number of hydrogen-bond donors (Lipinski definition) is 1. The zero-order chi connectivity index (χ0) is 26.7. The number of carbonyl (C=O) groups is 2. The average Bonchev–Trinajstić information content (AvgIpc) is 3.77. The summed E-state index contributed by atoms with van der Waals surface area (Å²) in [6, 6.07) is 5.95. The Balaban J connectivity index is 1.66. The van der Waals surface area contributed by atoms with Crippen molar-refractivity contribution in [2.24, 2.45) is 5.92 Å². The van der Waals surface area contributed by atoms with Crippen LogP contribution in [-0.2, 0) is 29.6 Å². The second-order valence-electron chi connectivity index (χ2n) is 9.66. The third-order valence-corrected chi connectivity index (χ3v) is 9.06. The fourth-order valence-electron chi connectivity index (χ4n) is 5.10. The normalized spacial score (nSPS) is 25.4. The first-order chi connectivity index (χ1) is 17.5. The lowest BCUT2D eigenvalue weighted by molar-refractivity contribution is -0.0452. The van der Waals surface area contributed by atoms with Gasteiger partial charge < -0.3 is 24.1 Å². The van der Waals surface area contributed by atoms with Gasteiger partial charge in [-0.05, 0) is 54.2 Å². The molecule has 0 aromatic heterocycles. The second kappa shape index (κ2) is 8.96. The van der Waals surface area contributed by atoms with E-state index in [0.29, 0.717) is 22.9 Å². The summed E-state index contributed by atoms with van der Waals surface area (Å²) in [6.45, 7) is 1.98. The molecule has 12 heteroatoms. The summed E-state index contributed by atoms with van der Waals surface area (Å²) in [7, 11) is -2.37. The number of carboxylic acid groups (broad SMARTS) is 1. The summed E-state index contributed by atoms with van der Waals surface area (Å²) in [5, 5.41) is 10.1. The highest BCUT2D eigenvalue weighted by atomic mass is 32.2. The zero-order valence-electron chi connectivity index (χ0n) is 20.4. The fourth-order valence-corrected chi connectivity index (χ4v) is 6.79. The minimum atomic E-state index is -4.80.